The highest BCUT2D eigenvalue weighted by atomic mass is 32.2. The van der Waals surface area contributed by atoms with Gasteiger partial charge in [0.05, 0.1) is 0 Å². The summed E-state index contributed by atoms with van der Waals surface area (Å²) < 4.78 is 1.98. The molecule has 2 fully saturated rings. The average Bonchev–Trinajstić information content (AvgIpc) is 3.08. The van der Waals surface area contributed by atoms with Crippen molar-refractivity contribution >= 4 is 17.6 Å². The van der Waals surface area contributed by atoms with Crippen molar-refractivity contribution in [3.8, 4) is 0 Å². The molecule has 164 valence electrons. The molecule has 0 atom stereocenters. The fourth-order valence-corrected chi connectivity index (χ4v) is 4.73. The van der Waals surface area contributed by atoms with Crippen molar-refractivity contribution in [3.63, 3.8) is 0 Å². The second-order valence-corrected chi connectivity index (χ2v) is 10.7. The molecule has 2 aromatic heterocycles. The van der Waals surface area contributed by atoms with Crippen LogP contribution in [0.25, 0.3) is 0 Å². The van der Waals surface area contributed by atoms with Gasteiger partial charge in [0.2, 0.25) is 0 Å². The van der Waals surface area contributed by atoms with E-state index in [1.807, 2.05) is 11.6 Å². The molecule has 7 nitrogen and oxygen atoms in total. The van der Waals surface area contributed by atoms with E-state index in [0.29, 0.717) is 5.92 Å². The molecule has 0 unspecified atom stereocenters. The van der Waals surface area contributed by atoms with Crippen molar-refractivity contribution in [2.24, 2.45) is 7.05 Å². The fourth-order valence-electron chi connectivity index (χ4n) is 3.92. The SMILES string of the molecule is Cn1cnnc1SCCCN1CCN(c2cc(C3CCC3)nc(C(C)(C)C)n2)CC1. The quantitative estimate of drug-likeness (QED) is 0.493. The maximum Gasteiger partial charge on any atom is 0.190 e. The second-order valence-electron chi connectivity index (χ2n) is 9.61. The monoisotopic (exact) mass is 429 g/mol. The molecule has 2 aliphatic rings. The van der Waals surface area contributed by atoms with Gasteiger partial charge >= 0.3 is 0 Å². The number of nitrogens with zero attached hydrogens (tertiary/aromatic N) is 7. The highest BCUT2D eigenvalue weighted by molar-refractivity contribution is 7.99. The molecule has 0 bridgehead atoms. The van der Waals surface area contributed by atoms with Gasteiger partial charge in [-0.1, -0.05) is 39.0 Å². The molecule has 0 aromatic carbocycles. The first-order chi connectivity index (χ1) is 14.4. The Kier molecular flexibility index (Phi) is 6.63. The minimum Gasteiger partial charge on any atom is -0.354 e. The molecule has 0 amide bonds. The van der Waals surface area contributed by atoms with Gasteiger partial charge in [-0.3, -0.25) is 4.90 Å². The third kappa shape index (κ3) is 5.14. The molecule has 2 aromatic rings. The minimum atomic E-state index is -0.0171. The Balaban J connectivity index is 1.30. The van der Waals surface area contributed by atoms with Gasteiger partial charge in [0.15, 0.2) is 5.16 Å². The highest BCUT2D eigenvalue weighted by Gasteiger charge is 2.27. The first kappa shape index (κ1) is 21.6. The molecular formula is C22H35N7S. The standard InChI is InChI=1S/C22H35N7S/c1-22(2,3)20-24-18(17-7-5-8-17)15-19(25-20)29-12-10-28(11-13-29)9-6-14-30-21-26-23-16-27(21)4/h15-17H,5-14H2,1-4H3. The molecule has 3 heterocycles. The molecule has 1 saturated carbocycles. The summed E-state index contributed by atoms with van der Waals surface area (Å²) >= 11 is 1.79. The van der Waals surface area contributed by atoms with Gasteiger partial charge in [-0.2, -0.15) is 0 Å². The molecule has 0 radical (unpaired) electrons. The predicted octanol–water partition coefficient (Wildman–Crippen LogP) is 3.47. The number of aromatic nitrogens is 5. The Hall–Kier alpha value is -1.67. The van der Waals surface area contributed by atoms with E-state index >= 15 is 0 Å². The molecule has 30 heavy (non-hydrogen) atoms. The van der Waals surface area contributed by atoms with Crippen molar-refractivity contribution < 1.29 is 0 Å². The van der Waals surface area contributed by atoms with Crippen LogP contribution >= 0.6 is 11.8 Å². The molecule has 1 saturated heterocycles. The topological polar surface area (TPSA) is 63.0 Å². The van der Waals surface area contributed by atoms with E-state index < -0.39 is 0 Å². The summed E-state index contributed by atoms with van der Waals surface area (Å²) in [6, 6.07) is 2.27. The van der Waals surface area contributed by atoms with Crippen LogP contribution in [0.3, 0.4) is 0 Å². The summed E-state index contributed by atoms with van der Waals surface area (Å²) in [5, 5.41) is 9.08. The molecular weight excluding hydrogens is 394 g/mol. The third-order valence-corrected chi connectivity index (χ3v) is 7.26. The maximum absolute atomic E-state index is 4.98. The van der Waals surface area contributed by atoms with Gasteiger partial charge in [0.25, 0.3) is 0 Å². The largest absolute Gasteiger partial charge is 0.354 e. The third-order valence-electron chi connectivity index (χ3n) is 6.14. The Bertz CT molecular complexity index is 832. The number of piperazine rings is 1. The highest BCUT2D eigenvalue weighted by Crippen LogP contribution is 2.37. The van der Waals surface area contributed by atoms with E-state index in [2.05, 4.69) is 46.8 Å². The lowest BCUT2D eigenvalue weighted by molar-refractivity contribution is 0.258. The first-order valence-corrected chi connectivity index (χ1v) is 12.2. The Morgan fingerprint density at radius 3 is 2.47 bits per heavy atom. The van der Waals surface area contributed by atoms with Crippen LogP contribution in [-0.4, -0.2) is 68.1 Å². The summed E-state index contributed by atoms with van der Waals surface area (Å²) in [6.45, 7) is 12.1. The number of thioether (sulfide) groups is 1. The van der Waals surface area contributed by atoms with Crippen molar-refractivity contribution in [2.75, 3.05) is 43.4 Å². The van der Waals surface area contributed by atoms with Gasteiger partial charge in [-0.05, 0) is 25.8 Å². The van der Waals surface area contributed by atoms with Crippen LogP contribution in [0.1, 0.15) is 63.9 Å². The van der Waals surface area contributed by atoms with E-state index in [1.165, 1.54) is 31.4 Å². The van der Waals surface area contributed by atoms with Crippen molar-refractivity contribution in [1.82, 2.24) is 29.6 Å². The van der Waals surface area contributed by atoms with Crippen LogP contribution in [0.5, 0.6) is 0 Å². The minimum absolute atomic E-state index is 0.0171. The summed E-state index contributed by atoms with van der Waals surface area (Å²) in [6.07, 6.45) is 6.82. The summed E-state index contributed by atoms with van der Waals surface area (Å²) in [7, 11) is 2.00. The van der Waals surface area contributed by atoms with Crippen LogP contribution in [-0.2, 0) is 12.5 Å². The van der Waals surface area contributed by atoms with Crippen LogP contribution in [0.2, 0.25) is 0 Å². The number of hydrogen-bond donors (Lipinski definition) is 0. The predicted molar refractivity (Wildman–Crippen MR) is 122 cm³/mol. The number of hydrogen-bond acceptors (Lipinski definition) is 7. The van der Waals surface area contributed by atoms with Gasteiger partial charge in [0, 0.05) is 62.1 Å². The molecule has 4 rings (SSSR count). The molecule has 1 aliphatic carbocycles. The summed E-state index contributed by atoms with van der Waals surface area (Å²) in [5.74, 6) is 3.85. The van der Waals surface area contributed by atoms with E-state index in [0.717, 1.165) is 55.3 Å². The average molecular weight is 430 g/mol. The van der Waals surface area contributed by atoms with Gasteiger partial charge in [0.1, 0.15) is 18.0 Å². The first-order valence-electron chi connectivity index (χ1n) is 11.2. The zero-order valence-corrected chi connectivity index (χ0v) is 19.7. The zero-order valence-electron chi connectivity index (χ0n) is 18.8. The van der Waals surface area contributed by atoms with Crippen LogP contribution in [0.4, 0.5) is 5.82 Å². The zero-order chi connectivity index (χ0) is 21.1. The Labute approximate surface area is 184 Å². The second kappa shape index (κ2) is 9.22. The van der Waals surface area contributed by atoms with E-state index in [1.54, 1.807) is 18.1 Å². The van der Waals surface area contributed by atoms with E-state index in [9.17, 15) is 0 Å². The van der Waals surface area contributed by atoms with Gasteiger partial charge < -0.3 is 9.47 Å². The lowest BCUT2D eigenvalue weighted by Crippen LogP contribution is -2.47. The van der Waals surface area contributed by atoms with Crippen LogP contribution < -0.4 is 4.90 Å². The lowest BCUT2D eigenvalue weighted by Gasteiger charge is -2.36. The molecule has 0 spiro atoms. The Morgan fingerprint density at radius 1 is 1.10 bits per heavy atom. The number of rotatable bonds is 7. The lowest BCUT2D eigenvalue weighted by atomic mass is 9.82. The fraction of sp³-hybridized carbons (Fsp3) is 0.727. The smallest absolute Gasteiger partial charge is 0.190 e. The molecule has 0 N–H and O–H groups in total. The van der Waals surface area contributed by atoms with E-state index in [4.69, 9.17) is 9.97 Å². The Morgan fingerprint density at radius 2 is 1.87 bits per heavy atom. The van der Waals surface area contributed by atoms with Crippen molar-refractivity contribution in [2.45, 2.75) is 62.9 Å². The molecule has 1 aliphatic heterocycles. The van der Waals surface area contributed by atoms with Gasteiger partial charge in [-0.25, -0.2) is 9.97 Å². The van der Waals surface area contributed by atoms with E-state index in [-0.39, 0.29) is 5.41 Å². The normalized spacial score (nSPS) is 18.6. The number of aryl methyl sites for hydroxylation is 1. The maximum atomic E-state index is 4.98. The number of anilines is 1. The van der Waals surface area contributed by atoms with Crippen molar-refractivity contribution in [3.05, 3.63) is 23.9 Å². The van der Waals surface area contributed by atoms with Gasteiger partial charge in [-0.15, -0.1) is 10.2 Å². The summed E-state index contributed by atoms with van der Waals surface area (Å²) in [4.78, 5) is 15.0. The molecule has 8 heteroatoms. The summed E-state index contributed by atoms with van der Waals surface area (Å²) in [5.41, 5.74) is 1.25. The van der Waals surface area contributed by atoms with Crippen LogP contribution in [0.15, 0.2) is 17.6 Å². The van der Waals surface area contributed by atoms with Crippen LogP contribution in [0, 0.1) is 0 Å². The van der Waals surface area contributed by atoms with Crippen molar-refractivity contribution in [1.29, 1.82) is 0 Å².